The Bertz CT molecular complexity index is 830. The van der Waals surface area contributed by atoms with Gasteiger partial charge >= 0.3 is 0 Å². The van der Waals surface area contributed by atoms with Crippen molar-refractivity contribution in [3.05, 3.63) is 29.8 Å². The standard InChI is InChI=1S/C21H26N4O4/c22-20(28)15-7-10-23(11-8-15)17-12-19(27)25(21(17)29)13-14-3-5-16(6-4-14)24-9-1-2-18(24)26/h3-6,15,17H,1-2,7-13H2,(H2,22,28)/p+1/t17-/m0/s1. The smallest absolute Gasteiger partial charge is 0.288 e. The summed E-state index contributed by atoms with van der Waals surface area (Å²) in [7, 11) is 0. The highest BCUT2D eigenvalue weighted by Gasteiger charge is 2.46. The third-order valence-electron chi connectivity index (χ3n) is 6.43. The first kappa shape index (κ1) is 19.6. The van der Waals surface area contributed by atoms with E-state index in [-0.39, 0.29) is 48.6 Å². The normalized spacial score (nSPS) is 27.7. The number of hydrogen-bond donors (Lipinski definition) is 2. The van der Waals surface area contributed by atoms with Gasteiger partial charge < -0.3 is 15.5 Å². The zero-order valence-electron chi connectivity index (χ0n) is 16.4. The highest BCUT2D eigenvalue weighted by molar-refractivity contribution is 6.04. The van der Waals surface area contributed by atoms with Gasteiger partial charge in [0.25, 0.3) is 5.91 Å². The number of anilines is 1. The van der Waals surface area contributed by atoms with Crippen LogP contribution in [0.3, 0.4) is 0 Å². The molecule has 1 atom stereocenters. The first-order chi connectivity index (χ1) is 13.9. The molecule has 0 spiro atoms. The minimum absolute atomic E-state index is 0.122. The number of imide groups is 1. The Morgan fingerprint density at radius 3 is 2.34 bits per heavy atom. The minimum Gasteiger partial charge on any atom is -0.369 e. The van der Waals surface area contributed by atoms with Crippen LogP contribution < -0.4 is 15.5 Å². The first-order valence-corrected chi connectivity index (χ1v) is 10.3. The minimum atomic E-state index is -0.363. The van der Waals surface area contributed by atoms with E-state index in [4.69, 9.17) is 5.73 Å². The summed E-state index contributed by atoms with van der Waals surface area (Å²) >= 11 is 0. The Balaban J connectivity index is 1.38. The van der Waals surface area contributed by atoms with E-state index in [9.17, 15) is 19.2 Å². The number of likely N-dealkylation sites (tertiary alicyclic amines) is 2. The van der Waals surface area contributed by atoms with Gasteiger partial charge in [0.05, 0.1) is 26.1 Å². The van der Waals surface area contributed by atoms with Crippen molar-refractivity contribution < 1.29 is 24.1 Å². The predicted molar refractivity (Wildman–Crippen MR) is 105 cm³/mol. The summed E-state index contributed by atoms with van der Waals surface area (Å²) in [6.07, 6.45) is 3.01. The molecule has 3 N–H and O–H groups in total. The van der Waals surface area contributed by atoms with Gasteiger partial charge in [-0.05, 0) is 24.1 Å². The van der Waals surface area contributed by atoms with Crippen molar-refractivity contribution in [2.45, 2.75) is 44.7 Å². The largest absolute Gasteiger partial charge is 0.369 e. The lowest BCUT2D eigenvalue weighted by Gasteiger charge is -2.30. The molecule has 1 aromatic rings. The fraction of sp³-hybridized carbons (Fsp3) is 0.524. The summed E-state index contributed by atoms with van der Waals surface area (Å²) in [4.78, 5) is 52.8. The number of carbonyl (C=O) groups is 4. The highest BCUT2D eigenvalue weighted by Crippen LogP contribution is 2.23. The predicted octanol–water partition coefficient (Wildman–Crippen LogP) is -0.779. The topological polar surface area (TPSA) is 105 Å². The van der Waals surface area contributed by atoms with E-state index in [1.54, 1.807) is 4.90 Å². The second kappa shape index (κ2) is 7.94. The average molecular weight is 399 g/mol. The first-order valence-electron chi connectivity index (χ1n) is 10.3. The molecule has 1 aromatic carbocycles. The molecule has 29 heavy (non-hydrogen) atoms. The summed E-state index contributed by atoms with van der Waals surface area (Å²) in [5.74, 6) is -0.556. The zero-order chi connectivity index (χ0) is 20.5. The van der Waals surface area contributed by atoms with E-state index in [1.165, 1.54) is 4.90 Å². The van der Waals surface area contributed by atoms with Gasteiger partial charge in [-0.15, -0.1) is 0 Å². The van der Waals surface area contributed by atoms with Crippen LogP contribution >= 0.6 is 0 Å². The number of rotatable bonds is 5. The van der Waals surface area contributed by atoms with Crippen molar-refractivity contribution in [3.8, 4) is 0 Å². The van der Waals surface area contributed by atoms with Crippen molar-refractivity contribution in [1.82, 2.24) is 4.90 Å². The quantitative estimate of drug-likeness (QED) is 0.634. The number of amides is 4. The molecular weight excluding hydrogens is 372 g/mol. The molecule has 0 radical (unpaired) electrons. The number of nitrogens with zero attached hydrogens (tertiary/aromatic N) is 2. The Morgan fingerprint density at radius 1 is 1.07 bits per heavy atom. The molecule has 0 aliphatic carbocycles. The number of hydrogen-bond acceptors (Lipinski definition) is 4. The molecule has 8 heteroatoms. The van der Waals surface area contributed by atoms with Crippen molar-refractivity contribution in [1.29, 1.82) is 0 Å². The van der Waals surface area contributed by atoms with Gasteiger partial charge in [0.1, 0.15) is 0 Å². The summed E-state index contributed by atoms with van der Waals surface area (Å²) in [6.45, 7) is 2.35. The van der Waals surface area contributed by atoms with E-state index in [0.717, 1.165) is 29.1 Å². The van der Waals surface area contributed by atoms with Crippen LogP contribution in [0.25, 0.3) is 0 Å². The molecular formula is C21H27N4O4+. The third kappa shape index (κ3) is 3.89. The van der Waals surface area contributed by atoms with E-state index >= 15 is 0 Å². The van der Waals surface area contributed by atoms with Crippen LogP contribution in [0.15, 0.2) is 24.3 Å². The number of carbonyl (C=O) groups excluding carboxylic acids is 4. The van der Waals surface area contributed by atoms with Crippen molar-refractivity contribution in [2.75, 3.05) is 24.5 Å². The molecule has 3 heterocycles. The Kier molecular flexibility index (Phi) is 5.36. The molecule has 0 saturated carbocycles. The molecule has 0 unspecified atom stereocenters. The van der Waals surface area contributed by atoms with Crippen molar-refractivity contribution >= 4 is 29.3 Å². The van der Waals surface area contributed by atoms with Crippen molar-refractivity contribution in [2.24, 2.45) is 11.7 Å². The van der Waals surface area contributed by atoms with E-state index in [1.807, 2.05) is 24.3 Å². The molecule has 3 aliphatic heterocycles. The summed E-state index contributed by atoms with van der Waals surface area (Å²) in [5.41, 5.74) is 7.10. The molecule has 3 fully saturated rings. The molecule has 154 valence electrons. The van der Waals surface area contributed by atoms with Gasteiger partial charge in [-0.1, -0.05) is 12.1 Å². The highest BCUT2D eigenvalue weighted by atomic mass is 16.2. The number of nitrogens with one attached hydrogen (secondary N) is 1. The maximum Gasteiger partial charge on any atom is 0.288 e. The molecule has 4 amide bonds. The number of primary amides is 1. The molecule has 4 rings (SSSR count). The van der Waals surface area contributed by atoms with Crippen LogP contribution in [-0.4, -0.2) is 54.2 Å². The van der Waals surface area contributed by atoms with Crippen LogP contribution in [0.5, 0.6) is 0 Å². The summed E-state index contributed by atoms with van der Waals surface area (Å²) in [6, 6.07) is 7.14. The van der Waals surface area contributed by atoms with Crippen molar-refractivity contribution in [3.63, 3.8) is 0 Å². The second-order valence-corrected chi connectivity index (χ2v) is 8.23. The fourth-order valence-corrected chi connectivity index (χ4v) is 4.67. The second-order valence-electron chi connectivity index (χ2n) is 8.23. The van der Waals surface area contributed by atoms with Gasteiger partial charge in [-0.3, -0.25) is 24.1 Å². The number of benzene rings is 1. The average Bonchev–Trinajstić information content (AvgIpc) is 3.27. The third-order valence-corrected chi connectivity index (χ3v) is 6.43. The lowest BCUT2D eigenvalue weighted by Crippen LogP contribution is -3.17. The zero-order valence-corrected chi connectivity index (χ0v) is 16.4. The van der Waals surface area contributed by atoms with Crippen LogP contribution in [0.4, 0.5) is 5.69 Å². The summed E-state index contributed by atoms with van der Waals surface area (Å²) < 4.78 is 0. The molecule has 0 bridgehead atoms. The van der Waals surface area contributed by atoms with E-state index < -0.39 is 0 Å². The maximum absolute atomic E-state index is 12.9. The Labute approximate surface area is 169 Å². The maximum atomic E-state index is 12.9. The fourth-order valence-electron chi connectivity index (χ4n) is 4.67. The monoisotopic (exact) mass is 399 g/mol. The summed E-state index contributed by atoms with van der Waals surface area (Å²) in [5, 5.41) is 0. The van der Waals surface area contributed by atoms with Crippen LogP contribution in [0, 0.1) is 5.92 Å². The van der Waals surface area contributed by atoms with E-state index in [2.05, 4.69) is 0 Å². The Hall–Kier alpha value is -2.74. The van der Waals surface area contributed by atoms with Crippen LogP contribution in [-0.2, 0) is 25.7 Å². The SMILES string of the molecule is NC(=O)C1CC[NH+]([C@H]2CC(=O)N(Cc3ccc(N4CCCC4=O)cc3)C2=O)CC1. The molecule has 3 saturated heterocycles. The van der Waals surface area contributed by atoms with Gasteiger partial charge in [0, 0.05) is 37.4 Å². The van der Waals surface area contributed by atoms with Crippen LogP contribution in [0.2, 0.25) is 0 Å². The molecule has 8 nitrogen and oxygen atoms in total. The van der Waals surface area contributed by atoms with Crippen LogP contribution in [0.1, 0.15) is 37.7 Å². The molecule has 0 aromatic heterocycles. The number of quaternary nitrogens is 1. The van der Waals surface area contributed by atoms with E-state index in [0.29, 0.717) is 32.4 Å². The number of piperidine rings is 1. The van der Waals surface area contributed by atoms with Gasteiger partial charge in [0.15, 0.2) is 6.04 Å². The van der Waals surface area contributed by atoms with Gasteiger partial charge in [-0.2, -0.15) is 0 Å². The lowest BCUT2D eigenvalue weighted by atomic mass is 9.95. The molecule has 3 aliphatic rings. The lowest BCUT2D eigenvalue weighted by molar-refractivity contribution is -0.920. The Morgan fingerprint density at radius 2 is 1.76 bits per heavy atom. The van der Waals surface area contributed by atoms with Gasteiger partial charge in [0.2, 0.25) is 17.7 Å². The number of nitrogens with two attached hydrogens (primary N) is 1. The van der Waals surface area contributed by atoms with Gasteiger partial charge in [-0.25, -0.2) is 0 Å².